The summed E-state index contributed by atoms with van der Waals surface area (Å²) in [6.07, 6.45) is -4.45. The van der Waals surface area contributed by atoms with Crippen molar-refractivity contribution in [2.75, 3.05) is 0 Å². The van der Waals surface area contributed by atoms with Crippen LogP contribution < -0.4 is 5.56 Å². The zero-order valence-corrected chi connectivity index (χ0v) is 9.17. The van der Waals surface area contributed by atoms with Gasteiger partial charge in [0.15, 0.2) is 0 Å². The Morgan fingerprint density at radius 3 is 2.53 bits per heavy atom. The maximum atomic E-state index is 12.5. The van der Waals surface area contributed by atoms with Crippen LogP contribution in [-0.4, -0.2) is 9.55 Å². The minimum atomic E-state index is -4.45. The fraction of sp³-hybridized carbons (Fsp3) is 0.273. The van der Waals surface area contributed by atoms with Crippen molar-refractivity contribution in [2.24, 2.45) is 7.05 Å². The minimum Gasteiger partial charge on any atom is -0.299 e. The second kappa shape index (κ2) is 3.58. The molecule has 0 amide bonds. The Labute approximate surface area is 94.5 Å². The van der Waals surface area contributed by atoms with E-state index >= 15 is 0 Å². The van der Waals surface area contributed by atoms with Crippen LogP contribution in [0, 0.1) is 6.92 Å². The van der Waals surface area contributed by atoms with E-state index in [2.05, 4.69) is 4.98 Å². The molecular formula is C11H9F3N2O. The van der Waals surface area contributed by atoms with Gasteiger partial charge in [-0.3, -0.25) is 9.36 Å². The summed E-state index contributed by atoms with van der Waals surface area (Å²) in [6, 6.07) is 2.98. The number of hydrogen-bond acceptors (Lipinski definition) is 2. The predicted octanol–water partition coefficient (Wildman–Crippen LogP) is 2.26. The van der Waals surface area contributed by atoms with Crippen LogP contribution in [0.25, 0.3) is 10.9 Å². The van der Waals surface area contributed by atoms with E-state index in [-0.39, 0.29) is 10.9 Å². The first-order valence-corrected chi connectivity index (χ1v) is 4.85. The largest absolute Gasteiger partial charge is 0.416 e. The molecule has 0 N–H and O–H groups in total. The lowest BCUT2D eigenvalue weighted by Crippen LogP contribution is -2.21. The van der Waals surface area contributed by atoms with Gasteiger partial charge in [-0.25, -0.2) is 4.98 Å². The smallest absolute Gasteiger partial charge is 0.299 e. The lowest BCUT2D eigenvalue weighted by atomic mass is 10.1. The van der Waals surface area contributed by atoms with Crippen molar-refractivity contribution in [1.82, 2.24) is 9.55 Å². The van der Waals surface area contributed by atoms with E-state index in [1.165, 1.54) is 17.7 Å². The molecule has 1 heterocycles. The molecule has 0 fully saturated rings. The second-order valence-corrected chi connectivity index (χ2v) is 3.75. The predicted molar refractivity (Wildman–Crippen MR) is 56.7 cm³/mol. The molecule has 0 saturated carbocycles. The zero-order chi connectivity index (χ0) is 12.8. The Hall–Kier alpha value is -1.85. The van der Waals surface area contributed by atoms with E-state index < -0.39 is 17.3 Å². The third-order valence-corrected chi connectivity index (χ3v) is 2.63. The van der Waals surface area contributed by atoms with E-state index in [9.17, 15) is 18.0 Å². The number of benzene rings is 1. The van der Waals surface area contributed by atoms with Gasteiger partial charge in [0.25, 0.3) is 5.56 Å². The van der Waals surface area contributed by atoms with Gasteiger partial charge in [-0.05, 0) is 25.1 Å². The van der Waals surface area contributed by atoms with Crippen molar-refractivity contribution >= 4 is 10.9 Å². The van der Waals surface area contributed by atoms with Crippen LogP contribution in [-0.2, 0) is 13.2 Å². The van der Waals surface area contributed by atoms with E-state index in [1.54, 1.807) is 6.92 Å². The van der Waals surface area contributed by atoms with Gasteiger partial charge in [0.05, 0.1) is 16.5 Å². The first-order valence-electron chi connectivity index (χ1n) is 4.85. The van der Waals surface area contributed by atoms with Gasteiger partial charge in [-0.1, -0.05) is 0 Å². The number of halogens is 3. The van der Waals surface area contributed by atoms with Crippen molar-refractivity contribution in [1.29, 1.82) is 0 Å². The van der Waals surface area contributed by atoms with E-state index in [0.717, 1.165) is 12.1 Å². The standard InChI is InChI=1S/C11H9F3N2O/c1-6-15-9-4-3-7(11(12,13)14)5-8(9)10(17)16(6)2/h3-5H,1-2H3. The molecule has 2 aromatic rings. The molecule has 3 nitrogen and oxygen atoms in total. The number of aryl methyl sites for hydroxylation is 1. The van der Waals surface area contributed by atoms with Gasteiger partial charge >= 0.3 is 6.18 Å². The summed E-state index contributed by atoms with van der Waals surface area (Å²) < 4.78 is 38.7. The van der Waals surface area contributed by atoms with Crippen molar-refractivity contribution < 1.29 is 13.2 Å². The summed E-state index contributed by atoms with van der Waals surface area (Å²) in [5, 5.41) is -0.0204. The van der Waals surface area contributed by atoms with Gasteiger partial charge in [-0.2, -0.15) is 13.2 Å². The van der Waals surface area contributed by atoms with Crippen LogP contribution in [0.1, 0.15) is 11.4 Å². The third kappa shape index (κ3) is 1.90. The molecule has 0 saturated heterocycles. The monoisotopic (exact) mass is 242 g/mol. The molecule has 0 aliphatic carbocycles. The van der Waals surface area contributed by atoms with Crippen LogP contribution >= 0.6 is 0 Å². The van der Waals surface area contributed by atoms with Gasteiger partial charge < -0.3 is 0 Å². The number of rotatable bonds is 0. The summed E-state index contributed by atoms with van der Waals surface area (Å²) in [7, 11) is 1.48. The highest BCUT2D eigenvalue weighted by Crippen LogP contribution is 2.30. The Balaban J connectivity index is 2.83. The van der Waals surface area contributed by atoms with Gasteiger partial charge in [-0.15, -0.1) is 0 Å². The molecule has 17 heavy (non-hydrogen) atoms. The maximum Gasteiger partial charge on any atom is 0.416 e. The van der Waals surface area contributed by atoms with Crippen LogP contribution in [0.2, 0.25) is 0 Å². The lowest BCUT2D eigenvalue weighted by Gasteiger charge is -2.09. The summed E-state index contributed by atoms with van der Waals surface area (Å²) >= 11 is 0. The van der Waals surface area contributed by atoms with E-state index in [1.807, 2.05) is 0 Å². The van der Waals surface area contributed by atoms with Crippen LogP contribution in [0.5, 0.6) is 0 Å². The Morgan fingerprint density at radius 1 is 1.29 bits per heavy atom. The molecule has 0 radical (unpaired) electrons. The van der Waals surface area contributed by atoms with Crippen LogP contribution in [0.3, 0.4) is 0 Å². The second-order valence-electron chi connectivity index (χ2n) is 3.75. The van der Waals surface area contributed by atoms with Crippen molar-refractivity contribution in [3.8, 4) is 0 Å². The minimum absolute atomic E-state index is 0.0204. The molecule has 0 atom stereocenters. The number of fused-ring (bicyclic) bond motifs is 1. The number of nitrogens with zero attached hydrogens (tertiary/aromatic N) is 2. The van der Waals surface area contributed by atoms with Gasteiger partial charge in [0.2, 0.25) is 0 Å². The Kier molecular flexibility index (Phi) is 2.45. The molecule has 1 aromatic heterocycles. The molecule has 2 rings (SSSR count). The molecule has 0 spiro atoms. The van der Waals surface area contributed by atoms with Gasteiger partial charge in [0, 0.05) is 7.05 Å². The summed E-state index contributed by atoms with van der Waals surface area (Å²) in [4.78, 5) is 15.8. The lowest BCUT2D eigenvalue weighted by molar-refractivity contribution is -0.137. The highest BCUT2D eigenvalue weighted by Gasteiger charge is 2.30. The quantitative estimate of drug-likeness (QED) is 0.710. The van der Waals surface area contributed by atoms with Gasteiger partial charge in [0.1, 0.15) is 5.82 Å². The molecule has 6 heteroatoms. The normalized spacial score (nSPS) is 12.1. The molecule has 0 aliphatic heterocycles. The van der Waals surface area contributed by atoms with Crippen molar-refractivity contribution in [3.63, 3.8) is 0 Å². The number of alkyl halides is 3. The van der Waals surface area contributed by atoms with Crippen LogP contribution in [0.15, 0.2) is 23.0 Å². The fourth-order valence-corrected chi connectivity index (χ4v) is 1.56. The number of aromatic nitrogens is 2. The highest BCUT2D eigenvalue weighted by atomic mass is 19.4. The topological polar surface area (TPSA) is 34.9 Å². The first kappa shape index (κ1) is 11.6. The summed E-state index contributed by atoms with van der Waals surface area (Å²) in [6.45, 7) is 1.62. The fourth-order valence-electron chi connectivity index (χ4n) is 1.56. The first-order chi connectivity index (χ1) is 7.80. The van der Waals surface area contributed by atoms with Crippen molar-refractivity contribution in [3.05, 3.63) is 39.9 Å². The van der Waals surface area contributed by atoms with Crippen molar-refractivity contribution in [2.45, 2.75) is 13.1 Å². The molecule has 0 unspecified atom stereocenters. The zero-order valence-electron chi connectivity index (χ0n) is 9.17. The number of hydrogen-bond donors (Lipinski definition) is 0. The highest BCUT2D eigenvalue weighted by molar-refractivity contribution is 5.78. The molecule has 1 aromatic carbocycles. The summed E-state index contributed by atoms with van der Waals surface area (Å²) in [5.41, 5.74) is -1.04. The Morgan fingerprint density at radius 2 is 1.94 bits per heavy atom. The van der Waals surface area contributed by atoms with Crippen LogP contribution in [0.4, 0.5) is 13.2 Å². The summed E-state index contributed by atoms with van der Waals surface area (Å²) in [5.74, 6) is 0.460. The van der Waals surface area contributed by atoms with E-state index in [0.29, 0.717) is 5.82 Å². The average molecular weight is 242 g/mol. The third-order valence-electron chi connectivity index (χ3n) is 2.63. The average Bonchev–Trinajstić information content (AvgIpc) is 2.24. The Bertz CT molecular complexity index is 643. The molecule has 0 bridgehead atoms. The molecule has 90 valence electrons. The maximum absolute atomic E-state index is 12.5. The molecule has 0 aliphatic rings. The van der Waals surface area contributed by atoms with E-state index in [4.69, 9.17) is 0 Å². The SMILES string of the molecule is Cc1nc2ccc(C(F)(F)F)cc2c(=O)n1C. The molecular weight excluding hydrogens is 233 g/mol.